The molecule has 0 bridgehead atoms. The number of fused-ring (bicyclic) bond motifs is 1. The van der Waals surface area contributed by atoms with Crippen molar-refractivity contribution in [1.29, 1.82) is 0 Å². The predicted molar refractivity (Wildman–Crippen MR) is 57.6 cm³/mol. The molecule has 3 heterocycles. The van der Waals surface area contributed by atoms with E-state index < -0.39 is 0 Å². The van der Waals surface area contributed by atoms with Gasteiger partial charge in [0.25, 0.3) is 0 Å². The minimum Gasteiger partial charge on any atom is -0.342 e. The zero-order valence-electron chi connectivity index (χ0n) is 8.81. The van der Waals surface area contributed by atoms with E-state index in [0.29, 0.717) is 5.92 Å². The van der Waals surface area contributed by atoms with Crippen molar-refractivity contribution in [2.75, 3.05) is 13.2 Å². The monoisotopic (exact) mass is 219 g/mol. The van der Waals surface area contributed by atoms with Crippen molar-refractivity contribution in [3.8, 4) is 0 Å². The molecule has 1 unspecified atom stereocenters. The third kappa shape index (κ3) is 1.77. The number of aromatic nitrogens is 4. The molecule has 2 N–H and O–H groups in total. The van der Waals surface area contributed by atoms with Crippen molar-refractivity contribution >= 4 is 11.2 Å². The first kappa shape index (κ1) is 9.68. The molecule has 84 valence electrons. The molecule has 0 saturated carbocycles. The summed E-state index contributed by atoms with van der Waals surface area (Å²) in [5, 5.41) is 0. The van der Waals surface area contributed by atoms with E-state index in [-0.39, 0.29) is 0 Å². The van der Waals surface area contributed by atoms with E-state index in [4.69, 9.17) is 4.84 Å². The van der Waals surface area contributed by atoms with Gasteiger partial charge in [0.2, 0.25) is 0 Å². The van der Waals surface area contributed by atoms with Gasteiger partial charge >= 0.3 is 0 Å². The highest BCUT2D eigenvalue weighted by molar-refractivity contribution is 5.68. The molecule has 0 aliphatic carbocycles. The lowest BCUT2D eigenvalue weighted by Crippen LogP contribution is -2.20. The molecule has 0 amide bonds. The first-order valence-electron chi connectivity index (χ1n) is 5.44. The Kier molecular flexibility index (Phi) is 2.51. The van der Waals surface area contributed by atoms with Crippen molar-refractivity contribution in [3.05, 3.63) is 18.3 Å². The second-order valence-corrected chi connectivity index (χ2v) is 3.90. The van der Waals surface area contributed by atoms with Gasteiger partial charge in [-0.15, -0.1) is 0 Å². The summed E-state index contributed by atoms with van der Waals surface area (Å²) in [6.45, 7) is 1.51. The lowest BCUT2D eigenvalue weighted by Gasteiger charge is -2.10. The van der Waals surface area contributed by atoms with Crippen LogP contribution in [0.1, 0.15) is 24.6 Å². The Labute approximate surface area is 92.4 Å². The quantitative estimate of drug-likeness (QED) is 0.740. The van der Waals surface area contributed by atoms with Crippen molar-refractivity contribution < 1.29 is 4.84 Å². The molecule has 1 aliphatic heterocycles. The summed E-state index contributed by atoms with van der Waals surface area (Å²) in [5.41, 5.74) is 4.54. The van der Waals surface area contributed by atoms with Crippen molar-refractivity contribution in [2.24, 2.45) is 0 Å². The summed E-state index contributed by atoms with van der Waals surface area (Å²) in [6.07, 6.45) is 5.50. The number of rotatable bonds is 1. The van der Waals surface area contributed by atoms with Crippen molar-refractivity contribution in [3.63, 3.8) is 0 Å². The zero-order chi connectivity index (χ0) is 10.8. The molecule has 6 heteroatoms. The van der Waals surface area contributed by atoms with Gasteiger partial charge in [-0.3, -0.25) is 0 Å². The van der Waals surface area contributed by atoms with E-state index in [2.05, 4.69) is 25.4 Å². The number of hydrogen-bond donors (Lipinski definition) is 2. The van der Waals surface area contributed by atoms with E-state index in [0.717, 1.165) is 43.0 Å². The Bertz CT molecular complexity index is 475. The van der Waals surface area contributed by atoms with E-state index in [1.54, 1.807) is 12.5 Å². The van der Waals surface area contributed by atoms with Crippen LogP contribution in [-0.4, -0.2) is 33.1 Å². The Balaban J connectivity index is 1.91. The van der Waals surface area contributed by atoms with E-state index in [1.165, 1.54) is 0 Å². The third-order valence-electron chi connectivity index (χ3n) is 2.79. The number of nitrogens with one attached hydrogen (secondary N) is 2. The molecule has 1 aliphatic rings. The Morgan fingerprint density at radius 3 is 3.38 bits per heavy atom. The van der Waals surface area contributed by atoms with E-state index >= 15 is 0 Å². The lowest BCUT2D eigenvalue weighted by atomic mass is 10.0. The van der Waals surface area contributed by atoms with Gasteiger partial charge < -0.3 is 9.82 Å². The van der Waals surface area contributed by atoms with Gasteiger partial charge in [0, 0.05) is 12.5 Å². The van der Waals surface area contributed by atoms with Crippen LogP contribution in [0.5, 0.6) is 0 Å². The summed E-state index contributed by atoms with van der Waals surface area (Å²) in [7, 11) is 0. The number of imidazole rings is 1. The van der Waals surface area contributed by atoms with Crippen LogP contribution >= 0.6 is 0 Å². The maximum atomic E-state index is 5.19. The maximum absolute atomic E-state index is 5.19. The fraction of sp³-hybridized carbons (Fsp3) is 0.500. The number of hydroxylamine groups is 1. The minimum absolute atomic E-state index is 0.309. The van der Waals surface area contributed by atoms with Crippen LogP contribution in [-0.2, 0) is 4.84 Å². The number of nitrogens with zero attached hydrogens (tertiary/aromatic N) is 3. The van der Waals surface area contributed by atoms with Gasteiger partial charge in [-0.25, -0.2) is 20.4 Å². The Morgan fingerprint density at radius 1 is 1.38 bits per heavy atom. The lowest BCUT2D eigenvalue weighted by molar-refractivity contribution is 0.0511. The maximum Gasteiger partial charge on any atom is 0.180 e. The van der Waals surface area contributed by atoms with Crippen LogP contribution in [0.3, 0.4) is 0 Å². The minimum atomic E-state index is 0.309. The second kappa shape index (κ2) is 4.15. The highest BCUT2D eigenvalue weighted by Gasteiger charge is 2.17. The molecular formula is C10H13N5O. The summed E-state index contributed by atoms with van der Waals surface area (Å²) in [4.78, 5) is 21.1. The molecule has 1 fully saturated rings. The fourth-order valence-corrected chi connectivity index (χ4v) is 1.90. The summed E-state index contributed by atoms with van der Waals surface area (Å²) < 4.78 is 0. The van der Waals surface area contributed by atoms with Gasteiger partial charge in [-0.2, -0.15) is 0 Å². The van der Waals surface area contributed by atoms with Crippen molar-refractivity contribution in [1.82, 2.24) is 25.4 Å². The zero-order valence-corrected chi connectivity index (χ0v) is 8.81. The molecule has 16 heavy (non-hydrogen) atoms. The first-order valence-corrected chi connectivity index (χ1v) is 5.44. The van der Waals surface area contributed by atoms with Gasteiger partial charge in [-0.05, 0) is 12.8 Å². The molecular weight excluding hydrogens is 206 g/mol. The molecule has 1 saturated heterocycles. The molecule has 1 atom stereocenters. The molecule has 0 aromatic carbocycles. The average molecular weight is 219 g/mol. The molecule has 3 rings (SSSR count). The average Bonchev–Trinajstić information content (AvgIpc) is 2.61. The molecule has 0 radical (unpaired) electrons. The molecule has 2 aromatic heterocycles. The number of aromatic amines is 1. The molecule has 6 nitrogen and oxygen atoms in total. The SMILES string of the molecule is c1nc2nc(C3CCCONC3)ncc2[nH]1. The van der Waals surface area contributed by atoms with Crippen LogP contribution in [0.4, 0.5) is 0 Å². The van der Waals surface area contributed by atoms with E-state index in [9.17, 15) is 0 Å². The molecule has 0 spiro atoms. The number of H-pyrrole nitrogens is 1. The summed E-state index contributed by atoms with van der Waals surface area (Å²) in [5.74, 6) is 1.15. The van der Waals surface area contributed by atoms with Gasteiger partial charge in [0.15, 0.2) is 5.65 Å². The highest BCUT2D eigenvalue weighted by Crippen LogP contribution is 2.19. The van der Waals surface area contributed by atoms with Gasteiger partial charge in [0.05, 0.1) is 19.1 Å². The second-order valence-electron chi connectivity index (χ2n) is 3.90. The smallest absolute Gasteiger partial charge is 0.180 e. The van der Waals surface area contributed by atoms with Crippen LogP contribution in [0.2, 0.25) is 0 Å². The van der Waals surface area contributed by atoms with Crippen molar-refractivity contribution in [2.45, 2.75) is 18.8 Å². The van der Waals surface area contributed by atoms with E-state index in [1.807, 2.05) is 0 Å². The van der Waals surface area contributed by atoms with Gasteiger partial charge in [0.1, 0.15) is 11.3 Å². The number of hydrogen-bond acceptors (Lipinski definition) is 5. The first-order chi connectivity index (χ1) is 7.93. The summed E-state index contributed by atoms with van der Waals surface area (Å²) in [6, 6.07) is 0. The Hall–Kier alpha value is -1.53. The van der Waals surface area contributed by atoms with Crippen LogP contribution < -0.4 is 5.48 Å². The largest absolute Gasteiger partial charge is 0.342 e. The third-order valence-corrected chi connectivity index (χ3v) is 2.79. The Morgan fingerprint density at radius 2 is 2.38 bits per heavy atom. The fourth-order valence-electron chi connectivity index (χ4n) is 1.90. The van der Waals surface area contributed by atoms with Crippen LogP contribution in [0.15, 0.2) is 12.5 Å². The topological polar surface area (TPSA) is 75.7 Å². The summed E-state index contributed by atoms with van der Waals surface area (Å²) >= 11 is 0. The normalized spacial score (nSPS) is 22.1. The predicted octanol–water partition coefficient (Wildman–Crippen LogP) is 0.751. The van der Waals surface area contributed by atoms with Gasteiger partial charge in [-0.1, -0.05) is 0 Å². The molecule has 2 aromatic rings. The van der Waals surface area contributed by atoms with Crippen LogP contribution in [0, 0.1) is 0 Å². The van der Waals surface area contributed by atoms with Crippen LogP contribution in [0.25, 0.3) is 11.2 Å². The standard InChI is InChI=1S/C10H13N5O/c1-2-7(4-14-16-3-1)9-11-5-8-10(15-9)13-6-12-8/h5-7,14H,1-4H2,(H,11,12,13,15). The highest BCUT2D eigenvalue weighted by atomic mass is 16.6.